The van der Waals surface area contributed by atoms with E-state index in [1.807, 2.05) is 58.0 Å². The standard InChI is InChI=1S/C27H45N3O6/c1-17(2)13-20(30-26(35)36-27(5,6)7)23(31)16-28-21(15-19-11-9-8-10-12-19)24(32)29-22(25(33)34)14-18(3)4/h8-12,17-18,20-23,28,31H,13-16H2,1-7H3,(H,29,32)(H,30,35)(H,33,34)/t20-,21-,22-,23?/m0/s1. The van der Waals surface area contributed by atoms with Crippen LogP contribution in [-0.4, -0.2) is 64.6 Å². The molecular weight excluding hydrogens is 462 g/mol. The van der Waals surface area contributed by atoms with Crippen LogP contribution in [-0.2, 0) is 20.7 Å². The molecule has 1 rings (SSSR count). The highest BCUT2D eigenvalue weighted by molar-refractivity contribution is 5.87. The fourth-order valence-electron chi connectivity index (χ4n) is 3.76. The van der Waals surface area contributed by atoms with Gasteiger partial charge in [-0.25, -0.2) is 9.59 Å². The van der Waals surface area contributed by atoms with Crippen molar-refractivity contribution >= 4 is 18.0 Å². The molecule has 9 heteroatoms. The summed E-state index contributed by atoms with van der Waals surface area (Å²) in [6.45, 7) is 13.1. The van der Waals surface area contributed by atoms with Crippen molar-refractivity contribution in [3.05, 3.63) is 35.9 Å². The van der Waals surface area contributed by atoms with E-state index in [-0.39, 0.29) is 18.4 Å². The van der Waals surface area contributed by atoms with E-state index in [0.717, 1.165) is 5.56 Å². The van der Waals surface area contributed by atoms with Crippen LogP contribution in [0.15, 0.2) is 30.3 Å². The molecule has 0 aromatic heterocycles. The van der Waals surface area contributed by atoms with Gasteiger partial charge in [0.15, 0.2) is 0 Å². The van der Waals surface area contributed by atoms with Gasteiger partial charge in [0.2, 0.25) is 5.91 Å². The molecule has 5 N–H and O–H groups in total. The van der Waals surface area contributed by atoms with Crippen molar-refractivity contribution < 1.29 is 29.3 Å². The molecule has 0 heterocycles. The van der Waals surface area contributed by atoms with Crippen LogP contribution in [0.3, 0.4) is 0 Å². The summed E-state index contributed by atoms with van der Waals surface area (Å²) in [6.07, 6.45) is -0.506. The number of amides is 2. The Labute approximate surface area is 215 Å². The monoisotopic (exact) mass is 507 g/mol. The second kappa shape index (κ2) is 14.8. The molecule has 4 atom stereocenters. The number of carboxylic acid groups (broad SMARTS) is 1. The van der Waals surface area contributed by atoms with Gasteiger partial charge in [0.25, 0.3) is 0 Å². The van der Waals surface area contributed by atoms with E-state index >= 15 is 0 Å². The van der Waals surface area contributed by atoms with Crippen LogP contribution in [0.5, 0.6) is 0 Å². The molecule has 9 nitrogen and oxygen atoms in total. The number of hydrogen-bond donors (Lipinski definition) is 5. The zero-order chi connectivity index (χ0) is 27.5. The molecule has 0 saturated heterocycles. The molecule has 204 valence electrons. The van der Waals surface area contributed by atoms with Crippen LogP contribution in [0.4, 0.5) is 4.79 Å². The van der Waals surface area contributed by atoms with Crippen LogP contribution >= 0.6 is 0 Å². The molecule has 1 aromatic carbocycles. The first kappa shape index (κ1) is 31.4. The first-order chi connectivity index (χ1) is 16.7. The number of nitrogens with one attached hydrogen (secondary N) is 3. The topological polar surface area (TPSA) is 137 Å². The third-order valence-corrected chi connectivity index (χ3v) is 5.39. The number of aliphatic hydroxyl groups is 1. The largest absolute Gasteiger partial charge is 0.480 e. The van der Waals surface area contributed by atoms with E-state index in [9.17, 15) is 24.6 Å². The fraction of sp³-hybridized carbons (Fsp3) is 0.667. The maximum atomic E-state index is 13.1. The molecule has 0 aliphatic rings. The lowest BCUT2D eigenvalue weighted by Gasteiger charge is -2.29. The van der Waals surface area contributed by atoms with Crippen LogP contribution in [0, 0.1) is 11.8 Å². The third kappa shape index (κ3) is 12.9. The summed E-state index contributed by atoms with van der Waals surface area (Å²) >= 11 is 0. The molecule has 1 aromatic rings. The van der Waals surface area contributed by atoms with Gasteiger partial charge < -0.3 is 30.9 Å². The maximum absolute atomic E-state index is 13.1. The second-order valence-electron chi connectivity index (χ2n) is 11.1. The number of aliphatic carboxylic acids is 1. The Morgan fingerprint density at radius 2 is 1.50 bits per heavy atom. The van der Waals surface area contributed by atoms with Crippen LogP contribution in [0.25, 0.3) is 0 Å². The highest BCUT2D eigenvalue weighted by Crippen LogP contribution is 2.13. The second-order valence-corrected chi connectivity index (χ2v) is 11.1. The molecule has 2 amide bonds. The van der Waals surface area contributed by atoms with E-state index in [2.05, 4.69) is 16.0 Å². The number of ether oxygens (including phenoxy) is 1. The maximum Gasteiger partial charge on any atom is 0.407 e. The number of alkyl carbamates (subject to hydrolysis) is 1. The summed E-state index contributed by atoms with van der Waals surface area (Å²) in [5, 5.41) is 29.0. The van der Waals surface area contributed by atoms with E-state index in [1.54, 1.807) is 20.8 Å². The number of carbonyl (C=O) groups excluding carboxylic acids is 2. The van der Waals surface area contributed by atoms with E-state index < -0.39 is 47.8 Å². The van der Waals surface area contributed by atoms with Crippen LogP contribution in [0.1, 0.15) is 66.9 Å². The average Bonchev–Trinajstić information content (AvgIpc) is 2.74. The SMILES string of the molecule is CC(C)C[C@H](NC(=O)[C@H](Cc1ccccc1)NCC(O)[C@H](CC(C)C)NC(=O)OC(C)(C)C)C(=O)O. The van der Waals surface area contributed by atoms with Crippen molar-refractivity contribution in [3.8, 4) is 0 Å². The molecule has 0 bridgehead atoms. The minimum absolute atomic E-state index is 0.0139. The van der Waals surface area contributed by atoms with Gasteiger partial charge in [-0.3, -0.25) is 4.79 Å². The van der Waals surface area contributed by atoms with E-state index in [4.69, 9.17) is 4.74 Å². The zero-order valence-corrected chi connectivity index (χ0v) is 22.7. The molecule has 0 radical (unpaired) electrons. The smallest absolute Gasteiger partial charge is 0.407 e. The molecule has 0 aliphatic heterocycles. The summed E-state index contributed by atoms with van der Waals surface area (Å²) < 4.78 is 5.34. The summed E-state index contributed by atoms with van der Waals surface area (Å²) in [5.74, 6) is -1.27. The first-order valence-corrected chi connectivity index (χ1v) is 12.7. The zero-order valence-electron chi connectivity index (χ0n) is 22.7. The van der Waals surface area contributed by atoms with E-state index in [0.29, 0.717) is 19.3 Å². The predicted molar refractivity (Wildman–Crippen MR) is 140 cm³/mol. The summed E-state index contributed by atoms with van der Waals surface area (Å²) in [6, 6.07) is 6.97. The van der Waals surface area contributed by atoms with Crippen molar-refractivity contribution in [2.24, 2.45) is 11.8 Å². The highest BCUT2D eigenvalue weighted by atomic mass is 16.6. The Bertz CT molecular complexity index is 823. The highest BCUT2D eigenvalue weighted by Gasteiger charge is 2.29. The minimum Gasteiger partial charge on any atom is -0.480 e. The van der Waals surface area contributed by atoms with Crippen molar-refractivity contribution in [1.29, 1.82) is 0 Å². The van der Waals surface area contributed by atoms with Crippen LogP contribution < -0.4 is 16.0 Å². The number of carbonyl (C=O) groups is 3. The third-order valence-electron chi connectivity index (χ3n) is 5.39. The minimum atomic E-state index is -1.09. The fourth-order valence-corrected chi connectivity index (χ4v) is 3.76. The Hall–Kier alpha value is -2.65. The Balaban J connectivity index is 2.98. The molecule has 0 saturated carbocycles. The molecule has 36 heavy (non-hydrogen) atoms. The Morgan fingerprint density at radius 1 is 0.917 bits per heavy atom. The van der Waals surface area contributed by atoms with Crippen molar-refractivity contribution in [2.45, 2.75) is 97.6 Å². The van der Waals surface area contributed by atoms with Gasteiger partial charge in [-0.1, -0.05) is 58.0 Å². The van der Waals surface area contributed by atoms with Crippen molar-refractivity contribution in [2.75, 3.05) is 6.54 Å². The van der Waals surface area contributed by atoms with E-state index in [1.165, 1.54) is 0 Å². The quantitative estimate of drug-likeness (QED) is 0.261. The lowest BCUT2D eigenvalue weighted by Crippen LogP contribution is -2.55. The van der Waals surface area contributed by atoms with Gasteiger partial charge in [0.1, 0.15) is 11.6 Å². The summed E-state index contributed by atoms with van der Waals surface area (Å²) in [5.41, 5.74) is 0.214. The van der Waals surface area contributed by atoms with Gasteiger partial charge >= 0.3 is 12.1 Å². The molecule has 1 unspecified atom stereocenters. The average molecular weight is 508 g/mol. The number of rotatable bonds is 14. The molecule has 0 aliphatic carbocycles. The van der Waals surface area contributed by atoms with Crippen molar-refractivity contribution in [3.63, 3.8) is 0 Å². The van der Waals surface area contributed by atoms with Gasteiger partial charge in [0.05, 0.1) is 18.2 Å². The Morgan fingerprint density at radius 3 is 2.00 bits per heavy atom. The normalized spacial score (nSPS) is 15.2. The van der Waals surface area contributed by atoms with Crippen molar-refractivity contribution in [1.82, 2.24) is 16.0 Å². The molecule has 0 fully saturated rings. The Kier molecular flexibility index (Phi) is 12.9. The predicted octanol–water partition coefficient (Wildman–Crippen LogP) is 3.10. The summed E-state index contributed by atoms with van der Waals surface area (Å²) in [7, 11) is 0. The summed E-state index contributed by atoms with van der Waals surface area (Å²) in [4.78, 5) is 37.1. The van der Waals surface area contributed by atoms with Gasteiger partial charge in [-0.2, -0.15) is 0 Å². The molecular formula is C27H45N3O6. The lowest BCUT2D eigenvalue weighted by molar-refractivity contribution is -0.142. The number of carboxylic acids is 1. The number of hydrogen-bond acceptors (Lipinski definition) is 6. The van der Waals surface area contributed by atoms with Gasteiger partial charge in [0, 0.05) is 6.54 Å². The van der Waals surface area contributed by atoms with Gasteiger partial charge in [-0.05, 0) is 57.4 Å². The molecule has 0 spiro atoms. The number of benzene rings is 1. The lowest BCUT2D eigenvalue weighted by atomic mass is 9.98. The first-order valence-electron chi connectivity index (χ1n) is 12.7. The van der Waals surface area contributed by atoms with Gasteiger partial charge in [-0.15, -0.1) is 0 Å². The van der Waals surface area contributed by atoms with Crippen LogP contribution in [0.2, 0.25) is 0 Å². The number of aliphatic hydroxyl groups excluding tert-OH is 1.